The zero-order valence-electron chi connectivity index (χ0n) is 7.29. The standard InChI is InChI=1S/C8H11NO2S/c1-5-4-9(2)7(12-3)6(5)8(10)11/h4H,1-3H3,(H,10,11). The smallest absolute Gasteiger partial charge is 0.338 e. The minimum Gasteiger partial charge on any atom is -0.478 e. The van der Waals surface area contributed by atoms with Gasteiger partial charge in [0.25, 0.3) is 0 Å². The lowest BCUT2D eigenvalue weighted by Crippen LogP contribution is -1.99. The number of carboxylic acids is 1. The molecule has 0 radical (unpaired) electrons. The summed E-state index contributed by atoms with van der Waals surface area (Å²) in [5.74, 6) is -0.850. The second kappa shape index (κ2) is 3.23. The molecule has 0 aliphatic carbocycles. The minimum absolute atomic E-state index is 0.421. The zero-order valence-corrected chi connectivity index (χ0v) is 8.10. The van der Waals surface area contributed by atoms with Crippen molar-refractivity contribution in [3.05, 3.63) is 17.3 Å². The number of aryl methyl sites for hydroxylation is 2. The number of aromatic nitrogens is 1. The Morgan fingerprint density at radius 3 is 2.58 bits per heavy atom. The van der Waals surface area contributed by atoms with Crippen molar-refractivity contribution in [3.8, 4) is 0 Å². The maximum Gasteiger partial charge on any atom is 0.338 e. The molecule has 0 unspecified atom stereocenters. The van der Waals surface area contributed by atoms with Crippen LogP contribution >= 0.6 is 11.8 Å². The van der Waals surface area contributed by atoms with Crippen molar-refractivity contribution in [2.24, 2.45) is 7.05 Å². The van der Waals surface area contributed by atoms with Crippen molar-refractivity contribution in [1.82, 2.24) is 4.57 Å². The molecule has 0 atom stereocenters. The van der Waals surface area contributed by atoms with Crippen LogP contribution in [-0.4, -0.2) is 21.9 Å². The van der Waals surface area contributed by atoms with Gasteiger partial charge in [0.1, 0.15) is 0 Å². The van der Waals surface area contributed by atoms with Gasteiger partial charge in [-0.3, -0.25) is 0 Å². The van der Waals surface area contributed by atoms with Crippen LogP contribution < -0.4 is 0 Å². The second-order valence-electron chi connectivity index (χ2n) is 2.61. The summed E-state index contributed by atoms with van der Waals surface area (Å²) in [5, 5.41) is 9.67. The number of aromatic carboxylic acids is 1. The monoisotopic (exact) mass is 185 g/mol. The Morgan fingerprint density at radius 2 is 2.25 bits per heavy atom. The van der Waals surface area contributed by atoms with Gasteiger partial charge in [-0.05, 0) is 18.7 Å². The van der Waals surface area contributed by atoms with Gasteiger partial charge in [0.2, 0.25) is 0 Å². The van der Waals surface area contributed by atoms with Crippen molar-refractivity contribution in [1.29, 1.82) is 0 Å². The summed E-state index contributed by atoms with van der Waals surface area (Å²) in [4.78, 5) is 10.8. The molecule has 0 bridgehead atoms. The topological polar surface area (TPSA) is 42.2 Å². The molecule has 1 aromatic rings. The fourth-order valence-corrected chi connectivity index (χ4v) is 2.06. The van der Waals surface area contributed by atoms with Gasteiger partial charge in [0.15, 0.2) is 0 Å². The summed E-state index contributed by atoms with van der Waals surface area (Å²) in [6.07, 6.45) is 3.70. The molecule has 1 N–H and O–H groups in total. The lowest BCUT2D eigenvalue weighted by atomic mass is 10.2. The predicted molar refractivity (Wildman–Crippen MR) is 48.9 cm³/mol. The van der Waals surface area contributed by atoms with E-state index in [4.69, 9.17) is 5.11 Å². The number of hydrogen-bond acceptors (Lipinski definition) is 2. The second-order valence-corrected chi connectivity index (χ2v) is 3.41. The third-order valence-electron chi connectivity index (χ3n) is 1.72. The van der Waals surface area contributed by atoms with Gasteiger partial charge in [0, 0.05) is 13.2 Å². The van der Waals surface area contributed by atoms with Crippen LogP contribution in [0.3, 0.4) is 0 Å². The molecule has 0 aliphatic heterocycles. The highest BCUT2D eigenvalue weighted by Gasteiger charge is 2.16. The van der Waals surface area contributed by atoms with Crippen LogP contribution in [0.4, 0.5) is 0 Å². The van der Waals surface area contributed by atoms with Gasteiger partial charge >= 0.3 is 5.97 Å². The highest BCUT2D eigenvalue weighted by Crippen LogP contribution is 2.24. The largest absolute Gasteiger partial charge is 0.478 e. The Bertz CT molecular complexity index is 317. The lowest BCUT2D eigenvalue weighted by molar-refractivity contribution is 0.0692. The van der Waals surface area contributed by atoms with Gasteiger partial charge in [-0.25, -0.2) is 4.79 Å². The third kappa shape index (κ3) is 1.34. The molecule has 66 valence electrons. The summed E-state index contributed by atoms with van der Waals surface area (Å²) in [7, 11) is 1.85. The molecule has 1 rings (SSSR count). The van der Waals surface area contributed by atoms with Gasteiger partial charge in [-0.1, -0.05) is 0 Å². The normalized spacial score (nSPS) is 10.2. The summed E-state index contributed by atoms with van der Waals surface area (Å²) in [6, 6.07) is 0. The van der Waals surface area contributed by atoms with Crippen molar-refractivity contribution in [2.45, 2.75) is 11.9 Å². The molecule has 0 amide bonds. The summed E-state index contributed by atoms with van der Waals surface area (Å²) >= 11 is 1.45. The van der Waals surface area contributed by atoms with Crippen molar-refractivity contribution < 1.29 is 9.90 Å². The average molecular weight is 185 g/mol. The van der Waals surface area contributed by atoms with E-state index in [0.717, 1.165) is 10.6 Å². The van der Waals surface area contributed by atoms with Crippen molar-refractivity contribution in [2.75, 3.05) is 6.26 Å². The zero-order chi connectivity index (χ0) is 9.30. The van der Waals surface area contributed by atoms with Gasteiger partial charge in [-0.15, -0.1) is 11.8 Å². The lowest BCUT2D eigenvalue weighted by Gasteiger charge is -1.99. The molecule has 1 aromatic heterocycles. The van der Waals surface area contributed by atoms with Crippen LogP contribution in [0, 0.1) is 6.92 Å². The number of thioether (sulfide) groups is 1. The van der Waals surface area contributed by atoms with E-state index in [1.54, 1.807) is 0 Å². The molecule has 0 spiro atoms. The fraction of sp³-hybridized carbons (Fsp3) is 0.375. The van der Waals surface area contributed by atoms with Crippen LogP contribution in [0.2, 0.25) is 0 Å². The van der Waals surface area contributed by atoms with E-state index in [1.807, 2.05) is 31.0 Å². The van der Waals surface area contributed by atoms with Crippen LogP contribution in [0.5, 0.6) is 0 Å². The molecule has 1 heterocycles. The Kier molecular flexibility index (Phi) is 2.47. The van der Waals surface area contributed by atoms with E-state index in [9.17, 15) is 4.79 Å². The Balaban J connectivity index is 3.32. The van der Waals surface area contributed by atoms with Gasteiger partial charge < -0.3 is 9.67 Å². The van der Waals surface area contributed by atoms with E-state index in [2.05, 4.69) is 0 Å². The number of rotatable bonds is 2. The highest BCUT2D eigenvalue weighted by atomic mass is 32.2. The number of carbonyl (C=O) groups is 1. The average Bonchev–Trinajstić information content (AvgIpc) is 2.24. The van der Waals surface area contributed by atoms with Crippen LogP contribution in [-0.2, 0) is 7.05 Å². The van der Waals surface area contributed by atoms with E-state index in [0.29, 0.717) is 5.56 Å². The molecule has 0 saturated carbocycles. The fourth-order valence-electron chi connectivity index (χ4n) is 1.26. The van der Waals surface area contributed by atoms with E-state index < -0.39 is 5.97 Å². The summed E-state index contributed by atoms with van der Waals surface area (Å²) in [6.45, 7) is 1.81. The quantitative estimate of drug-likeness (QED) is 0.714. The highest BCUT2D eigenvalue weighted by molar-refractivity contribution is 7.98. The number of carboxylic acid groups (broad SMARTS) is 1. The number of hydrogen-bond donors (Lipinski definition) is 1. The molecular formula is C8H11NO2S. The molecule has 3 nitrogen and oxygen atoms in total. The molecule has 0 fully saturated rings. The van der Waals surface area contributed by atoms with E-state index in [-0.39, 0.29) is 0 Å². The molecule has 0 saturated heterocycles. The predicted octanol–water partition coefficient (Wildman–Crippen LogP) is 1.75. The molecule has 0 aromatic carbocycles. The van der Waals surface area contributed by atoms with Gasteiger partial charge in [0.05, 0.1) is 10.6 Å². The van der Waals surface area contributed by atoms with E-state index in [1.165, 1.54) is 11.8 Å². The number of nitrogens with zero attached hydrogens (tertiary/aromatic N) is 1. The molecule has 0 aliphatic rings. The Morgan fingerprint density at radius 1 is 1.67 bits per heavy atom. The van der Waals surface area contributed by atoms with Crippen LogP contribution in [0.15, 0.2) is 11.2 Å². The van der Waals surface area contributed by atoms with Gasteiger partial charge in [-0.2, -0.15) is 0 Å². The maximum atomic E-state index is 10.8. The van der Waals surface area contributed by atoms with Crippen molar-refractivity contribution >= 4 is 17.7 Å². The SMILES string of the molecule is CSc1c(C(=O)O)c(C)cn1C. The molecule has 12 heavy (non-hydrogen) atoms. The first kappa shape index (κ1) is 9.19. The summed E-state index contributed by atoms with van der Waals surface area (Å²) < 4.78 is 1.84. The first-order valence-corrected chi connectivity index (χ1v) is 4.73. The molecule has 4 heteroatoms. The Labute approximate surface area is 75.4 Å². The minimum atomic E-state index is -0.850. The maximum absolute atomic E-state index is 10.8. The van der Waals surface area contributed by atoms with Crippen LogP contribution in [0.1, 0.15) is 15.9 Å². The first-order valence-electron chi connectivity index (χ1n) is 3.51. The van der Waals surface area contributed by atoms with Crippen LogP contribution in [0.25, 0.3) is 0 Å². The summed E-state index contributed by atoms with van der Waals surface area (Å²) in [5.41, 5.74) is 1.24. The third-order valence-corrected chi connectivity index (χ3v) is 2.60. The molecular weight excluding hydrogens is 174 g/mol. The van der Waals surface area contributed by atoms with E-state index >= 15 is 0 Å². The first-order chi connectivity index (χ1) is 5.57. The van der Waals surface area contributed by atoms with Crippen molar-refractivity contribution in [3.63, 3.8) is 0 Å². The Hall–Kier alpha value is -0.900.